The second-order valence-electron chi connectivity index (χ2n) is 3.77. The van der Waals surface area contributed by atoms with Gasteiger partial charge >= 0.3 is 5.97 Å². The van der Waals surface area contributed by atoms with Crippen molar-refractivity contribution in [2.75, 3.05) is 6.61 Å². The number of carbonyl (C=O) groups is 1. The average Bonchev–Trinajstić information content (AvgIpc) is 2.21. The number of halogens is 1. The molecule has 0 aromatic carbocycles. The van der Waals surface area contributed by atoms with Crippen molar-refractivity contribution < 1.29 is 14.6 Å². The molecule has 4 heteroatoms. The van der Waals surface area contributed by atoms with Crippen LogP contribution in [0.15, 0.2) is 12.2 Å². The summed E-state index contributed by atoms with van der Waals surface area (Å²) in [5, 5.41) is 9.82. The van der Waals surface area contributed by atoms with Crippen molar-refractivity contribution in [3.8, 4) is 0 Å². The number of esters is 1. The van der Waals surface area contributed by atoms with Gasteiger partial charge in [0.1, 0.15) is 0 Å². The molecule has 1 rings (SSSR count). The smallest absolute Gasteiger partial charge is 0.330 e. The normalized spacial score (nSPS) is 31.8. The molecule has 0 aliphatic heterocycles. The van der Waals surface area contributed by atoms with E-state index in [4.69, 9.17) is 4.74 Å². The predicted molar refractivity (Wildman–Crippen MR) is 61.9 cm³/mol. The van der Waals surface area contributed by atoms with Gasteiger partial charge in [-0.1, -0.05) is 34.8 Å². The lowest BCUT2D eigenvalue weighted by Crippen LogP contribution is -2.37. The maximum atomic E-state index is 11.1. The van der Waals surface area contributed by atoms with E-state index >= 15 is 0 Å². The van der Waals surface area contributed by atoms with Crippen LogP contribution in [-0.2, 0) is 9.53 Å². The first-order valence-corrected chi connectivity index (χ1v) is 6.11. The van der Waals surface area contributed by atoms with Crippen LogP contribution in [0.5, 0.6) is 0 Å². The quantitative estimate of drug-likeness (QED) is 0.488. The van der Waals surface area contributed by atoms with Crippen molar-refractivity contribution in [2.24, 2.45) is 0 Å². The Labute approximate surface area is 98.6 Å². The summed E-state index contributed by atoms with van der Waals surface area (Å²) in [5.41, 5.74) is 0. The van der Waals surface area contributed by atoms with Crippen molar-refractivity contribution in [2.45, 2.75) is 43.0 Å². The van der Waals surface area contributed by atoms with E-state index in [0.29, 0.717) is 6.61 Å². The van der Waals surface area contributed by atoms with Gasteiger partial charge in [0.15, 0.2) is 0 Å². The lowest BCUT2D eigenvalue weighted by Gasteiger charge is -2.33. The summed E-state index contributed by atoms with van der Waals surface area (Å²) in [7, 11) is 0. The highest BCUT2D eigenvalue weighted by Crippen LogP contribution is 2.37. The number of aliphatic hydroxyl groups is 1. The molecule has 1 aliphatic rings. The van der Waals surface area contributed by atoms with E-state index in [1.807, 2.05) is 0 Å². The minimum Gasteiger partial charge on any atom is -0.463 e. The van der Waals surface area contributed by atoms with Crippen molar-refractivity contribution in [3.63, 3.8) is 0 Å². The summed E-state index contributed by atoms with van der Waals surface area (Å²) in [5.74, 6) is -0.353. The van der Waals surface area contributed by atoms with Crippen molar-refractivity contribution >= 4 is 21.9 Å². The molecule has 1 fully saturated rings. The maximum Gasteiger partial charge on any atom is 0.330 e. The second-order valence-corrected chi connectivity index (χ2v) is 5.25. The summed E-state index contributed by atoms with van der Waals surface area (Å²) in [6.45, 7) is 2.14. The highest BCUT2D eigenvalue weighted by Gasteiger charge is 2.35. The third kappa shape index (κ3) is 3.61. The Morgan fingerprint density at radius 1 is 1.67 bits per heavy atom. The summed E-state index contributed by atoms with van der Waals surface area (Å²) >= 11 is 3.50. The van der Waals surface area contributed by atoms with Crippen LogP contribution in [0.3, 0.4) is 0 Å². The van der Waals surface area contributed by atoms with E-state index in [1.54, 1.807) is 13.0 Å². The van der Waals surface area contributed by atoms with Crippen LogP contribution in [0.4, 0.5) is 0 Å². The Balaban J connectivity index is 2.57. The molecule has 0 aromatic heterocycles. The monoisotopic (exact) mass is 276 g/mol. The van der Waals surface area contributed by atoms with Gasteiger partial charge in [-0.15, -0.1) is 0 Å². The third-order valence-electron chi connectivity index (χ3n) is 2.62. The van der Waals surface area contributed by atoms with Crippen LogP contribution in [0.25, 0.3) is 0 Å². The zero-order chi connectivity index (χ0) is 11.3. The van der Waals surface area contributed by atoms with Gasteiger partial charge in [0, 0.05) is 6.08 Å². The lowest BCUT2D eigenvalue weighted by atomic mass is 9.86. The van der Waals surface area contributed by atoms with Gasteiger partial charge < -0.3 is 9.84 Å². The Morgan fingerprint density at radius 2 is 2.40 bits per heavy atom. The number of hydrogen-bond donors (Lipinski definition) is 1. The molecule has 0 unspecified atom stereocenters. The molecule has 0 aromatic rings. The summed E-state index contributed by atoms with van der Waals surface area (Å²) < 4.78 is 4.34. The van der Waals surface area contributed by atoms with Gasteiger partial charge in [-0.25, -0.2) is 4.79 Å². The standard InChI is InChI=1S/C11H17BrO3/c1-2-15-10(14)6-8-11(12)7-4-3-5-9(11)13/h6,8-9,13H,2-5,7H2,1H3/b8-6+/t9-,11-/m1/s1. The Kier molecular flexibility index (Phi) is 4.80. The molecule has 0 bridgehead atoms. The van der Waals surface area contributed by atoms with Crippen LogP contribution in [-0.4, -0.2) is 28.1 Å². The lowest BCUT2D eigenvalue weighted by molar-refractivity contribution is -0.137. The number of aliphatic hydroxyl groups excluding tert-OH is 1. The Hall–Kier alpha value is -0.350. The van der Waals surface area contributed by atoms with Crippen LogP contribution >= 0.6 is 15.9 Å². The zero-order valence-corrected chi connectivity index (χ0v) is 10.5. The number of alkyl halides is 1. The largest absolute Gasteiger partial charge is 0.463 e. The first kappa shape index (κ1) is 12.7. The number of hydrogen-bond acceptors (Lipinski definition) is 3. The van der Waals surface area contributed by atoms with Crippen LogP contribution in [0.1, 0.15) is 32.6 Å². The fourth-order valence-corrected chi connectivity index (χ4v) is 2.37. The van der Waals surface area contributed by atoms with E-state index in [1.165, 1.54) is 6.08 Å². The molecule has 1 N–H and O–H groups in total. The summed E-state index contributed by atoms with van der Waals surface area (Å²) in [6, 6.07) is 0. The van der Waals surface area contributed by atoms with E-state index in [0.717, 1.165) is 25.7 Å². The zero-order valence-electron chi connectivity index (χ0n) is 8.91. The van der Waals surface area contributed by atoms with Gasteiger partial charge in [-0.3, -0.25) is 0 Å². The number of ether oxygens (including phenoxy) is 1. The van der Waals surface area contributed by atoms with Crippen LogP contribution in [0.2, 0.25) is 0 Å². The maximum absolute atomic E-state index is 11.1. The van der Waals surface area contributed by atoms with Gasteiger partial charge in [0.25, 0.3) is 0 Å². The highest BCUT2D eigenvalue weighted by molar-refractivity contribution is 9.10. The van der Waals surface area contributed by atoms with Gasteiger partial charge in [0.05, 0.1) is 17.0 Å². The molecule has 1 aliphatic carbocycles. The molecule has 3 nitrogen and oxygen atoms in total. The fourth-order valence-electron chi connectivity index (χ4n) is 1.73. The fraction of sp³-hybridized carbons (Fsp3) is 0.727. The van der Waals surface area contributed by atoms with E-state index in [9.17, 15) is 9.90 Å². The van der Waals surface area contributed by atoms with Crippen molar-refractivity contribution in [1.82, 2.24) is 0 Å². The van der Waals surface area contributed by atoms with E-state index in [-0.39, 0.29) is 5.97 Å². The Bertz CT molecular complexity index is 252. The first-order chi connectivity index (χ1) is 7.08. The molecule has 86 valence electrons. The molecule has 0 amide bonds. The molecular formula is C11H17BrO3. The van der Waals surface area contributed by atoms with Gasteiger partial charge in [-0.2, -0.15) is 0 Å². The van der Waals surface area contributed by atoms with Crippen LogP contribution in [0, 0.1) is 0 Å². The SMILES string of the molecule is CCOC(=O)/C=C/[C@]1(Br)CCCC[C@H]1O. The van der Waals surface area contributed by atoms with Gasteiger partial charge in [-0.05, 0) is 19.8 Å². The van der Waals surface area contributed by atoms with Crippen molar-refractivity contribution in [3.05, 3.63) is 12.2 Å². The Morgan fingerprint density at radius 3 is 3.00 bits per heavy atom. The molecule has 15 heavy (non-hydrogen) atoms. The summed E-state index contributed by atoms with van der Waals surface area (Å²) in [4.78, 5) is 11.1. The van der Waals surface area contributed by atoms with Crippen molar-refractivity contribution in [1.29, 1.82) is 0 Å². The first-order valence-electron chi connectivity index (χ1n) is 5.31. The molecule has 1 saturated carbocycles. The van der Waals surface area contributed by atoms with E-state index < -0.39 is 10.4 Å². The predicted octanol–water partition coefficient (Wildman–Crippen LogP) is 2.17. The molecule has 0 radical (unpaired) electrons. The summed E-state index contributed by atoms with van der Waals surface area (Å²) in [6.07, 6.45) is 6.43. The van der Waals surface area contributed by atoms with Gasteiger partial charge in [0.2, 0.25) is 0 Å². The minimum absolute atomic E-state index is 0.353. The molecule has 0 heterocycles. The third-order valence-corrected chi connectivity index (χ3v) is 3.81. The number of rotatable bonds is 3. The molecule has 0 saturated heterocycles. The second kappa shape index (κ2) is 5.66. The van der Waals surface area contributed by atoms with Crippen LogP contribution < -0.4 is 0 Å². The van der Waals surface area contributed by atoms with E-state index in [2.05, 4.69) is 15.9 Å². The molecular weight excluding hydrogens is 260 g/mol. The highest BCUT2D eigenvalue weighted by atomic mass is 79.9. The molecule has 2 atom stereocenters. The topological polar surface area (TPSA) is 46.5 Å². The minimum atomic E-state index is -0.446. The molecule has 0 spiro atoms. The number of carbonyl (C=O) groups excluding carboxylic acids is 1. The average molecular weight is 277 g/mol.